The van der Waals surface area contributed by atoms with Crippen molar-refractivity contribution >= 4 is 0 Å². The summed E-state index contributed by atoms with van der Waals surface area (Å²) in [4.78, 5) is 0. The summed E-state index contributed by atoms with van der Waals surface area (Å²) < 4.78 is 0. The first-order valence-corrected chi connectivity index (χ1v) is 11.9. The zero-order valence-corrected chi connectivity index (χ0v) is 18.2. The lowest BCUT2D eigenvalue weighted by molar-refractivity contribution is -0.253. The van der Waals surface area contributed by atoms with Gasteiger partial charge in [-0.05, 0) is 92.3 Å². The van der Waals surface area contributed by atoms with Crippen molar-refractivity contribution < 1.29 is 20.4 Å². The Morgan fingerprint density at radius 1 is 0.929 bits per heavy atom. The molecule has 4 N–H and O–H groups in total. The average Bonchev–Trinajstić information content (AvgIpc) is 2.92. The van der Waals surface area contributed by atoms with Crippen molar-refractivity contribution in [1.29, 1.82) is 0 Å². The lowest BCUT2D eigenvalue weighted by Crippen LogP contribution is -2.67. The molecule has 4 aliphatic rings. The number of fused-ring (bicyclic) bond motifs is 5. The first-order valence-electron chi connectivity index (χ1n) is 11.9. The minimum absolute atomic E-state index is 0.0678. The molecule has 9 atom stereocenters. The fraction of sp³-hybridized carbons (Fsp3) is 1.00. The third-order valence-electron chi connectivity index (χ3n) is 10.6. The molecular formula is C24H42O4. The SMILES string of the molecule is CC[C@@H]1C[C@H]2[C@@H]3CC[C@@](O)(CCCO)[C@@]3(C)CC[C@@H]2[C@@]2(C)CC[C@H](O)C[C@]12O. The van der Waals surface area contributed by atoms with Crippen molar-refractivity contribution in [2.75, 3.05) is 6.61 Å². The number of aliphatic hydroxyl groups excluding tert-OH is 2. The van der Waals surface area contributed by atoms with Gasteiger partial charge in [-0.25, -0.2) is 0 Å². The molecule has 4 nitrogen and oxygen atoms in total. The molecular weight excluding hydrogens is 352 g/mol. The van der Waals surface area contributed by atoms with E-state index in [4.69, 9.17) is 0 Å². The van der Waals surface area contributed by atoms with Crippen LogP contribution in [-0.4, -0.2) is 44.3 Å². The van der Waals surface area contributed by atoms with Gasteiger partial charge in [0.05, 0.1) is 17.3 Å². The van der Waals surface area contributed by atoms with Gasteiger partial charge in [-0.15, -0.1) is 0 Å². The number of hydrogen-bond acceptors (Lipinski definition) is 4. The molecule has 0 unspecified atom stereocenters. The molecule has 0 bridgehead atoms. The van der Waals surface area contributed by atoms with Crippen molar-refractivity contribution in [3.05, 3.63) is 0 Å². The highest BCUT2D eigenvalue weighted by Gasteiger charge is 2.68. The molecule has 4 rings (SSSR count). The average molecular weight is 395 g/mol. The van der Waals surface area contributed by atoms with Gasteiger partial charge < -0.3 is 20.4 Å². The van der Waals surface area contributed by atoms with Crippen molar-refractivity contribution in [1.82, 2.24) is 0 Å². The molecule has 4 fully saturated rings. The van der Waals surface area contributed by atoms with Crippen molar-refractivity contribution in [3.8, 4) is 0 Å². The van der Waals surface area contributed by atoms with E-state index in [1.54, 1.807) is 0 Å². The van der Waals surface area contributed by atoms with Crippen LogP contribution in [0.1, 0.15) is 91.4 Å². The molecule has 0 amide bonds. The van der Waals surface area contributed by atoms with Crippen LogP contribution in [0, 0.1) is 34.5 Å². The largest absolute Gasteiger partial charge is 0.396 e. The number of aliphatic hydroxyl groups is 4. The van der Waals surface area contributed by atoms with Crippen LogP contribution in [-0.2, 0) is 0 Å². The maximum atomic E-state index is 11.9. The van der Waals surface area contributed by atoms with Gasteiger partial charge in [-0.2, -0.15) is 0 Å². The van der Waals surface area contributed by atoms with Crippen LogP contribution >= 0.6 is 0 Å². The van der Waals surface area contributed by atoms with E-state index in [1.165, 1.54) is 0 Å². The maximum Gasteiger partial charge on any atom is 0.0756 e. The van der Waals surface area contributed by atoms with Crippen LogP contribution in [0.25, 0.3) is 0 Å². The standard InChI is InChI=1S/C24H42O4/c1-4-16-14-18-19-8-12-23(27,9-5-13-25)21(19,2)11-7-20(18)22(3)10-6-17(26)15-24(16,22)28/h16-20,25-28H,4-15H2,1-3H3/t16-,17+,18+,19+,20+,21+,22-,23+,24+/m1/s1. The molecule has 28 heavy (non-hydrogen) atoms. The monoisotopic (exact) mass is 394 g/mol. The third-order valence-corrected chi connectivity index (χ3v) is 10.6. The predicted molar refractivity (Wildman–Crippen MR) is 110 cm³/mol. The molecule has 0 aromatic carbocycles. The lowest BCUT2D eigenvalue weighted by atomic mass is 9.40. The Morgan fingerprint density at radius 3 is 2.25 bits per heavy atom. The summed E-state index contributed by atoms with van der Waals surface area (Å²) in [6.45, 7) is 6.97. The van der Waals surface area contributed by atoms with Gasteiger partial charge in [-0.3, -0.25) is 0 Å². The quantitative estimate of drug-likeness (QED) is 0.587. The summed E-state index contributed by atoms with van der Waals surface area (Å²) in [6.07, 6.45) is 9.30. The fourth-order valence-corrected chi connectivity index (χ4v) is 8.84. The summed E-state index contributed by atoms with van der Waals surface area (Å²) in [7, 11) is 0. The van der Waals surface area contributed by atoms with E-state index in [1.807, 2.05) is 0 Å². The zero-order chi connectivity index (χ0) is 20.4. The summed E-state index contributed by atoms with van der Waals surface area (Å²) >= 11 is 0. The summed E-state index contributed by atoms with van der Waals surface area (Å²) in [5.41, 5.74) is -1.59. The molecule has 0 aliphatic heterocycles. The zero-order valence-electron chi connectivity index (χ0n) is 18.2. The van der Waals surface area contributed by atoms with E-state index < -0.39 is 11.2 Å². The van der Waals surface area contributed by atoms with Crippen LogP contribution in [0.3, 0.4) is 0 Å². The summed E-state index contributed by atoms with van der Waals surface area (Å²) in [5, 5.41) is 43.2. The van der Waals surface area contributed by atoms with E-state index in [9.17, 15) is 20.4 Å². The Bertz CT molecular complexity index is 595. The fourth-order valence-electron chi connectivity index (χ4n) is 8.84. The van der Waals surface area contributed by atoms with Gasteiger partial charge in [0.15, 0.2) is 0 Å². The number of hydrogen-bond donors (Lipinski definition) is 4. The topological polar surface area (TPSA) is 80.9 Å². The van der Waals surface area contributed by atoms with E-state index in [-0.39, 0.29) is 29.5 Å². The molecule has 4 heteroatoms. The summed E-state index contributed by atoms with van der Waals surface area (Å²) in [6, 6.07) is 0. The second-order valence-electron chi connectivity index (χ2n) is 11.3. The van der Waals surface area contributed by atoms with Gasteiger partial charge in [0, 0.05) is 13.0 Å². The van der Waals surface area contributed by atoms with Crippen molar-refractivity contribution in [2.45, 2.75) is 109 Å². The van der Waals surface area contributed by atoms with Crippen LogP contribution in [0.5, 0.6) is 0 Å². The first kappa shape index (κ1) is 21.1. The molecule has 0 aromatic rings. The lowest BCUT2D eigenvalue weighted by Gasteiger charge is -2.66. The Labute approximate surface area is 170 Å². The number of rotatable bonds is 4. The van der Waals surface area contributed by atoms with E-state index in [2.05, 4.69) is 20.8 Å². The second-order valence-corrected chi connectivity index (χ2v) is 11.3. The molecule has 0 saturated heterocycles. The highest BCUT2D eigenvalue weighted by Crippen LogP contribution is 2.70. The Balaban J connectivity index is 1.67. The van der Waals surface area contributed by atoms with Crippen LogP contribution in [0.2, 0.25) is 0 Å². The van der Waals surface area contributed by atoms with Gasteiger partial charge in [-0.1, -0.05) is 27.2 Å². The molecule has 4 saturated carbocycles. The predicted octanol–water partition coefficient (Wildman–Crippen LogP) is 3.64. The Kier molecular flexibility index (Phi) is 5.22. The molecule has 162 valence electrons. The Morgan fingerprint density at radius 2 is 1.57 bits per heavy atom. The smallest absolute Gasteiger partial charge is 0.0756 e. The van der Waals surface area contributed by atoms with E-state index >= 15 is 0 Å². The molecule has 0 heterocycles. The first-order chi connectivity index (χ1) is 13.1. The van der Waals surface area contributed by atoms with Crippen molar-refractivity contribution in [2.24, 2.45) is 34.5 Å². The van der Waals surface area contributed by atoms with E-state index in [0.29, 0.717) is 37.0 Å². The van der Waals surface area contributed by atoms with Gasteiger partial charge in [0.25, 0.3) is 0 Å². The minimum atomic E-state index is -0.750. The van der Waals surface area contributed by atoms with Crippen LogP contribution in [0.15, 0.2) is 0 Å². The second kappa shape index (κ2) is 6.93. The molecule has 0 aromatic heterocycles. The summed E-state index contributed by atoms with van der Waals surface area (Å²) in [5.74, 6) is 1.80. The highest BCUT2D eigenvalue weighted by molar-refractivity contribution is 5.18. The molecule has 0 radical (unpaired) electrons. The van der Waals surface area contributed by atoms with Crippen molar-refractivity contribution in [3.63, 3.8) is 0 Å². The molecule has 0 spiro atoms. The highest BCUT2D eigenvalue weighted by atomic mass is 16.3. The Hall–Kier alpha value is -0.160. The van der Waals surface area contributed by atoms with Gasteiger partial charge >= 0.3 is 0 Å². The molecule has 4 aliphatic carbocycles. The minimum Gasteiger partial charge on any atom is -0.396 e. The maximum absolute atomic E-state index is 11.9. The van der Waals surface area contributed by atoms with Gasteiger partial charge in [0.1, 0.15) is 0 Å². The van der Waals surface area contributed by atoms with Crippen LogP contribution in [0.4, 0.5) is 0 Å². The van der Waals surface area contributed by atoms with E-state index in [0.717, 1.165) is 51.4 Å². The van der Waals surface area contributed by atoms with Gasteiger partial charge in [0.2, 0.25) is 0 Å². The third kappa shape index (κ3) is 2.63. The normalized spacial score (nSPS) is 56.0. The van der Waals surface area contributed by atoms with Crippen LogP contribution < -0.4 is 0 Å².